The SMILES string of the molecule is CC(C)CCNC(N)=NCc1ccc(S(=O)(=O)NC2CC2)cc1. The van der Waals surface area contributed by atoms with E-state index < -0.39 is 10.0 Å². The number of sulfonamides is 1. The van der Waals surface area contributed by atoms with Gasteiger partial charge in [-0.3, -0.25) is 0 Å². The molecule has 0 aromatic heterocycles. The number of guanidine groups is 1. The minimum absolute atomic E-state index is 0.112. The second-order valence-corrected chi connectivity index (χ2v) is 8.06. The Morgan fingerprint density at radius 1 is 1.30 bits per heavy atom. The van der Waals surface area contributed by atoms with Crippen molar-refractivity contribution >= 4 is 16.0 Å². The third kappa shape index (κ3) is 6.19. The lowest BCUT2D eigenvalue weighted by molar-refractivity contribution is 0.576. The van der Waals surface area contributed by atoms with Gasteiger partial charge in [0.25, 0.3) is 0 Å². The molecule has 1 aromatic rings. The molecular weight excluding hydrogens is 312 g/mol. The van der Waals surface area contributed by atoms with Gasteiger partial charge in [-0.1, -0.05) is 26.0 Å². The molecule has 23 heavy (non-hydrogen) atoms. The van der Waals surface area contributed by atoms with E-state index >= 15 is 0 Å². The highest BCUT2D eigenvalue weighted by molar-refractivity contribution is 7.89. The van der Waals surface area contributed by atoms with Gasteiger partial charge in [0.2, 0.25) is 10.0 Å². The maximum atomic E-state index is 12.1. The van der Waals surface area contributed by atoms with Crippen LogP contribution in [0.15, 0.2) is 34.2 Å². The monoisotopic (exact) mass is 338 g/mol. The molecule has 0 amide bonds. The van der Waals surface area contributed by atoms with Crippen LogP contribution in [0.4, 0.5) is 0 Å². The summed E-state index contributed by atoms with van der Waals surface area (Å²) in [5.74, 6) is 1.03. The highest BCUT2D eigenvalue weighted by atomic mass is 32.2. The van der Waals surface area contributed by atoms with E-state index in [9.17, 15) is 8.42 Å². The largest absolute Gasteiger partial charge is 0.370 e. The van der Waals surface area contributed by atoms with Crippen LogP contribution >= 0.6 is 0 Å². The summed E-state index contributed by atoms with van der Waals surface area (Å²) in [6, 6.07) is 6.87. The molecule has 2 rings (SSSR count). The Labute approximate surface area is 138 Å². The van der Waals surface area contributed by atoms with Crippen molar-refractivity contribution in [2.45, 2.75) is 50.6 Å². The number of nitrogens with two attached hydrogens (primary N) is 1. The molecule has 1 aliphatic rings. The predicted molar refractivity (Wildman–Crippen MR) is 92.6 cm³/mol. The van der Waals surface area contributed by atoms with Crippen LogP contribution in [0.5, 0.6) is 0 Å². The van der Waals surface area contributed by atoms with E-state index in [2.05, 4.69) is 28.9 Å². The molecule has 1 fully saturated rings. The molecule has 0 spiro atoms. The van der Waals surface area contributed by atoms with E-state index in [0.29, 0.717) is 23.3 Å². The molecule has 1 aromatic carbocycles. The fourth-order valence-corrected chi connectivity index (χ4v) is 3.29. The van der Waals surface area contributed by atoms with Crippen LogP contribution in [0.1, 0.15) is 38.7 Å². The Bertz CT molecular complexity index is 635. The van der Waals surface area contributed by atoms with Crippen molar-refractivity contribution in [1.82, 2.24) is 10.0 Å². The summed E-state index contributed by atoms with van der Waals surface area (Å²) in [5.41, 5.74) is 6.72. The summed E-state index contributed by atoms with van der Waals surface area (Å²) < 4.78 is 26.8. The number of nitrogens with zero attached hydrogens (tertiary/aromatic N) is 1. The topological polar surface area (TPSA) is 96.6 Å². The van der Waals surface area contributed by atoms with Crippen LogP contribution in [0.25, 0.3) is 0 Å². The van der Waals surface area contributed by atoms with Gasteiger partial charge in [0.05, 0.1) is 11.4 Å². The molecular formula is C16H26N4O2S. The fraction of sp³-hybridized carbons (Fsp3) is 0.562. The standard InChI is InChI=1S/C16H26N4O2S/c1-12(2)9-10-18-16(17)19-11-13-3-7-15(8-4-13)23(21,22)20-14-5-6-14/h3-4,7-8,12,14,20H,5-6,9-11H2,1-2H3,(H3,17,18,19). The quantitative estimate of drug-likeness (QED) is 0.495. The summed E-state index contributed by atoms with van der Waals surface area (Å²) in [7, 11) is -3.39. The Hall–Kier alpha value is -1.60. The van der Waals surface area contributed by atoms with Gasteiger partial charge in [-0.2, -0.15) is 0 Å². The molecule has 1 aliphatic carbocycles. The zero-order chi connectivity index (χ0) is 16.9. The number of hydrogen-bond donors (Lipinski definition) is 3. The first-order chi connectivity index (χ1) is 10.9. The van der Waals surface area contributed by atoms with Crippen molar-refractivity contribution in [2.75, 3.05) is 6.54 Å². The van der Waals surface area contributed by atoms with Gasteiger partial charge in [0.1, 0.15) is 0 Å². The Kier molecular flexibility index (Phi) is 6.01. The van der Waals surface area contributed by atoms with Crippen molar-refractivity contribution in [3.63, 3.8) is 0 Å². The van der Waals surface area contributed by atoms with Crippen LogP contribution in [0.2, 0.25) is 0 Å². The van der Waals surface area contributed by atoms with Gasteiger partial charge < -0.3 is 11.1 Å². The Morgan fingerprint density at radius 2 is 1.96 bits per heavy atom. The van der Waals surface area contributed by atoms with E-state index in [0.717, 1.165) is 31.4 Å². The molecule has 0 saturated heterocycles. The van der Waals surface area contributed by atoms with E-state index in [1.165, 1.54) is 0 Å². The molecule has 0 unspecified atom stereocenters. The minimum atomic E-state index is -3.39. The highest BCUT2D eigenvalue weighted by Crippen LogP contribution is 2.22. The number of aliphatic imine (C=N–C) groups is 1. The lowest BCUT2D eigenvalue weighted by Crippen LogP contribution is -2.32. The van der Waals surface area contributed by atoms with E-state index in [-0.39, 0.29) is 6.04 Å². The summed E-state index contributed by atoms with van der Waals surface area (Å²) in [4.78, 5) is 4.55. The first-order valence-electron chi connectivity index (χ1n) is 8.02. The molecule has 7 heteroatoms. The normalized spacial score (nSPS) is 15.9. The van der Waals surface area contributed by atoms with Crippen LogP contribution in [-0.4, -0.2) is 27.0 Å². The maximum Gasteiger partial charge on any atom is 0.240 e. The average molecular weight is 338 g/mol. The third-order valence-corrected chi connectivity index (χ3v) is 5.13. The Morgan fingerprint density at radius 3 is 2.52 bits per heavy atom. The van der Waals surface area contributed by atoms with E-state index in [4.69, 9.17) is 5.73 Å². The van der Waals surface area contributed by atoms with Gasteiger partial charge in [-0.05, 0) is 42.9 Å². The molecule has 128 valence electrons. The zero-order valence-electron chi connectivity index (χ0n) is 13.7. The second-order valence-electron chi connectivity index (χ2n) is 6.35. The lowest BCUT2D eigenvalue weighted by Gasteiger charge is -2.08. The number of rotatable bonds is 8. The zero-order valence-corrected chi connectivity index (χ0v) is 14.6. The molecule has 0 heterocycles. The highest BCUT2D eigenvalue weighted by Gasteiger charge is 2.27. The second kappa shape index (κ2) is 7.79. The molecule has 6 nitrogen and oxygen atoms in total. The van der Waals surface area contributed by atoms with Crippen molar-refractivity contribution in [2.24, 2.45) is 16.6 Å². The fourth-order valence-electron chi connectivity index (χ4n) is 1.98. The molecule has 4 N–H and O–H groups in total. The van der Waals surface area contributed by atoms with Gasteiger partial charge >= 0.3 is 0 Å². The van der Waals surface area contributed by atoms with E-state index in [1.807, 2.05) is 0 Å². The molecule has 0 bridgehead atoms. The number of benzene rings is 1. The van der Waals surface area contributed by atoms with Gasteiger partial charge in [0, 0.05) is 12.6 Å². The third-order valence-electron chi connectivity index (χ3n) is 3.59. The van der Waals surface area contributed by atoms with Gasteiger partial charge in [-0.15, -0.1) is 0 Å². The first-order valence-corrected chi connectivity index (χ1v) is 9.50. The number of hydrogen-bond acceptors (Lipinski definition) is 3. The average Bonchev–Trinajstić information content (AvgIpc) is 3.28. The molecule has 0 radical (unpaired) electrons. The summed E-state index contributed by atoms with van der Waals surface area (Å²) in [5, 5.41) is 3.07. The van der Waals surface area contributed by atoms with Gasteiger partial charge in [-0.25, -0.2) is 18.1 Å². The van der Waals surface area contributed by atoms with Crippen molar-refractivity contribution < 1.29 is 8.42 Å². The van der Waals surface area contributed by atoms with Crippen molar-refractivity contribution in [1.29, 1.82) is 0 Å². The van der Waals surface area contributed by atoms with Crippen molar-refractivity contribution in [3.05, 3.63) is 29.8 Å². The van der Waals surface area contributed by atoms with E-state index in [1.54, 1.807) is 24.3 Å². The summed E-state index contributed by atoms with van der Waals surface area (Å²) >= 11 is 0. The summed E-state index contributed by atoms with van der Waals surface area (Å²) in [6.45, 7) is 5.54. The smallest absolute Gasteiger partial charge is 0.240 e. The molecule has 1 saturated carbocycles. The van der Waals surface area contributed by atoms with Gasteiger partial charge in [0.15, 0.2) is 5.96 Å². The van der Waals surface area contributed by atoms with Crippen LogP contribution < -0.4 is 15.8 Å². The first kappa shape index (κ1) is 17.7. The predicted octanol–water partition coefficient (Wildman–Crippen LogP) is 1.58. The minimum Gasteiger partial charge on any atom is -0.370 e. The lowest BCUT2D eigenvalue weighted by atomic mass is 10.1. The van der Waals surface area contributed by atoms with Crippen LogP contribution in [0, 0.1) is 5.92 Å². The van der Waals surface area contributed by atoms with Crippen LogP contribution in [0.3, 0.4) is 0 Å². The number of nitrogens with one attached hydrogen (secondary N) is 2. The maximum absolute atomic E-state index is 12.1. The van der Waals surface area contributed by atoms with Crippen molar-refractivity contribution in [3.8, 4) is 0 Å². The molecule has 0 aliphatic heterocycles. The molecule has 0 atom stereocenters. The summed E-state index contributed by atoms with van der Waals surface area (Å²) in [6.07, 6.45) is 2.89. The Balaban J connectivity index is 1.87. The van der Waals surface area contributed by atoms with Crippen LogP contribution in [-0.2, 0) is 16.6 Å².